The van der Waals surface area contributed by atoms with Crippen molar-refractivity contribution >= 4 is 11.6 Å². The number of rotatable bonds is 5. The van der Waals surface area contributed by atoms with Gasteiger partial charge < -0.3 is 5.32 Å². The SMILES string of the molecule is CCCC(NC1CCCCCC1C)c1ccc(Cl)cc1. The van der Waals surface area contributed by atoms with Gasteiger partial charge in [0.1, 0.15) is 0 Å². The molecule has 0 aliphatic heterocycles. The Kier molecular flexibility index (Phi) is 6.38. The van der Waals surface area contributed by atoms with Crippen LogP contribution in [0.5, 0.6) is 0 Å². The van der Waals surface area contributed by atoms with Gasteiger partial charge in [0, 0.05) is 17.1 Å². The van der Waals surface area contributed by atoms with Gasteiger partial charge in [-0.05, 0) is 42.9 Å². The maximum atomic E-state index is 6.01. The Morgan fingerprint density at radius 3 is 2.55 bits per heavy atom. The molecular formula is C18H28ClN. The molecule has 0 saturated heterocycles. The highest BCUT2D eigenvalue weighted by molar-refractivity contribution is 6.30. The first-order chi connectivity index (χ1) is 9.70. The molecular weight excluding hydrogens is 266 g/mol. The number of hydrogen-bond acceptors (Lipinski definition) is 1. The molecule has 1 nitrogen and oxygen atoms in total. The van der Waals surface area contributed by atoms with Crippen LogP contribution in [-0.2, 0) is 0 Å². The summed E-state index contributed by atoms with van der Waals surface area (Å²) >= 11 is 6.01. The Morgan fingerprint density at radius 2 is 1.85 bits per heavy atom. The molecule has 1 saturated carbocycles. The second-order valence-corrected chi connectivity index (χ2v) is 6.72. The smallest absolute Gasteiger partial charge is 0.0406 e. The van der Waals surface area contributed by atoms with Crippen LogP contribution in [0.4, 0.5) is 0 Å². The van der Waals surface area contributed by atoms with Crippen LogP contribution in [0.2, 0.25) is 5.02 Å². The molecule has 1 N–H and O–H groups in total. The van der Waals surface area contributed by atoms with E-state index >= 15 is 0 Å². The van der Waals surface area contributed by atoms with Gasteiger partial charge in [-0.3, -0.25) is 0 Å². The standard InChI is InChI=1S/C18H28ClN/c1-3-7-18(15-10-12-16(19)13-11-15)20-17-9-6-4-5-8-14(17)2/h10-14,17-18,20H,3-9H2,1-2H3. The van der Waals surface area contributed by atoms with Crippen LogP contribution in [0, 0.1) is 5.92 Å². The Morgan fingerprint density at radius 1 is 1.15 bits per heavy atom. The van der Waals surface area contributed by atoms with Crippen LogP contribution in [-0.4, -0.2) is 6.04 Å². The second kappa shape index (κ2) is 8.05. The lowest BCUT2D eigenvalue weighted by Crippen LogP contribution is -2.37. The third-order valence-electron chi connectivity index (χ3n) is 4.63. The highest BCUT2D eigenvalue weighted by Crippen LogP contribution is 2.27. The molecule has 2 heteroatoms. The molecule has 1 fully saturated rings. The monoisotopic (exact) mass is 293 g/mol. The lowest BCUT2D eigenvalue weighted by atomic mass is 9.93. The van der Waals surface area contributed by atoms with Crippen LogP contribution < -0.4 is 5.32 Å². The maximum Gasteiger partial charge on any atom is 0.0406 e. The topological polar surface area (TPSA) is 12.0 Å². The Balaban J connectivity index is 2.05. The average molecular weight is 294 g/mol. The summed E-state index contributed by atoms with van der Waals surface area (Å²) in [5.74, 6) is 0.796. The first-order valence-electron chi connectivity index (χ1n) is 8.22. The Bertz CT molecular complexity index is 387. The molecule has 20 heavy (non-hydrogen) atoms. The minimum Gasteiger partial charge on any atom is -0.307 e. The van der Waals surface area contributed by atoms with E-state index in [-0.39, 0.29) is 0 Å². The number of hydrogen-bond donors (Lipinski definition) is 1. The van der Waals surface area contributed by atoms with E-state index in [4.69, 9.17) is 11.6 Å². The summed E-state index contributed by atoms with van der Waals surface area (Å²) in [7, 11) is 0. The summed E-state index contributed by atoms with van der Waals surface area (Å²) in [6.07, 6.45) is 9.29. The zero-order valence-corrected chi connectivity index (χ0v) is 13.6. The van der Waals surface area contributed by atoms with E-state index < -0.39 is 0 Å². The van der Waals surface area contributed by atoms with Crippen LogP contribution in [0.1, 0.15) is 70.4 Å². The van der Waals surface area contributed by atoms with Crippen molar-refractivity contribution in [1.82, 2.24) is 5.32 Å². The van der Waals surface area contributed by atoms with E-state index in [0.29, 0.717) is 12.1 Å². The van der Waals surface area contributed by atoms with Gasteiger partial charge in [-0.15, -0.1) is 0 Å². The highest BCUT2D eigenvalue weighted by atomic mass is 35.5. The lowest BCUT2D eigenvalue weighted by molar-refractivity contribution is 0.313. The number of benzene rings is 1. The average Bonchev–Trinajstić information content (AvgIpc) is 2.64. The van der Waals surface area contributed by atoms with E-state index in [1.807, 2.05) is 12.1 Å². The quantitative estimate of drug-likeness (QED) is 0.683. The minimum atomic E-state index is 0.475. The fourth-order valence-electron chi connectivity index (χ4n) is 3.33. The lowest BCUT2D eigenvalue weighted by Gasteiger charge is -2.29. The van der Waals surface area contributed by atoms with Gasteiger partial charge in [0.15, 0.2) is 0 Å². The summed E-state index contributed by atoms with van der Waals surface area (Å²) in [5, 5.41) is 4.77. The largest absolute Gasteiger partial charge is 0.307 e. The van der Waals surface area contributed by atoms with E-state index in [1.54, 1.807) is 0 Å². The van der Waals surface area contributed by atoms with Gasteiger partial charge in [0.2, 0.25) is 0 Å². The van der Waals surface area contributed by atoms with Gasteiger partial charge in [0.05, 0.1) is 0 Å². The van der Waals surface area contributed by atoms with Gasteiger partial charge in [0.25, 0.3) is 0 Å². The summed E-state index contributed by atoms with van der Waals surface area (Å²) < 4.78 is 0. The maximum absolute atomic E-state index is 6.01. The van der Waals surface area contributed by atoms with Crippen LogP contribution in [0.15, 0.2) is 24.3 Å². The Labute approximate surface area is 129 Å². The number of nitrogens with one attached hydrogen (secondary N) is 1. The number of halogens is 1. The molecule has 1 aliphatic rings. The Hall–Kier alpha value is -0.530. The molecule has 0 amide bonds. The second-order valence-electron chi connectivity index (χ2n) is 6.28. The van der Waals surface area contributed by atoms with E-state index in [2.05, 4.69) is 31.3 Å². The first kappa shape index (κ1) is 15.9. The molecule has 112 valence electrons. The summed E-state index contributed by atoms with van der Waals surface area (Å²) in [5.41, 5.74) is 1.38. The van der Waals surface area contributed by atoms with Gasteiger partial charge in [-0.1, -0.05) is 63.3 Å². The molecule has 0 heterocycles. The van der Waals surface area contributed by atoms with Crippen LogP contribution in [0.25, 0.3) is 0 Å². The molecule has 2 rings (SSSR count). The third-order valence-corrected chi connectivity index (χ3v) is 4.88. The van der Waals surface area contributed by atoms with Gasteiger partial charge in [-0.2, -0.15) is 0 Å². The van der Waals surface area contributed by atoms with Crippen molar-refractivity contribution in [3.05, 3.63) is 34.9 Å². The van der Waals surface area contributed by atoms with Crippen molar-refractivity contribution in [2.24, 2.45) is 5.92 Å². The summed E-state index contributed by atoms with van der Waals surface area (Å²) in [4.78, 5) is 0. The minimum absolute atomic E-state index is 0.475. The highest BCUT2D eigenvalue weighted by Gasteiger charge is 2.23. The zero-order chi connectivity index (χ0) is 14.4. The van der Waals surface area contributed by atoms with Crippen molar-refractivity contribution in [1.29, 1.82) is 0 Å². The normalized spacial score (nSPS) is 25.1. The summed E-state index contributed by atoms with van der Waals surface area (Å²) in [6, 6.07) is 9.52. The molecule has 3 atom stereocenters. The fourth-order valence-corrected chi connectivity index (χ4v) is 3.46. The molecule has 1 aromatic carbocycles. The third kappa shape index (κ3) is 4.49. The van der Waals surface area contributed by atoms with Crippen molar-refractivity contribution in [3.8, 4) is 0 Å². The van der Waals surface area contributed by atoms with Gasteiger partial charge in [-0.25, -0.2) is 0 Å². The fraction of sp³-hybridized carbons (Fsp3) is 0.667. The molecule has 0 radical (unpaired) electrons. The zero-order valence-electron chi connectivity index (χ0n) is 12.9. The van der Waals surface area contributed by atoms with E-state index in [0.717, 1.165) is 10.9 Å². The van der Waals surface area contributed by atoms with Crippen molar-refractivity contribution < 1.29 is 0 Å². The van der Waals surface area contributed by atoms with Crippen molar-refractivity contribution in [2.75, 3.05) is 0 Å². The predicted molar refractivity (Wildman–Crippen MR) is 88.3 cm³/mol. The van der Waals surface area contributed by atoms with Gasteiger partial charge >= 0.3 is 0 Å². The van der Waals surface area contributed by atoms with E-state index in [9.17, 15) is 0 Å². The van der Waals surface area contributed by atoms with Crippen LogP contribution in [0.3, 0.4) is 0 Å². The first-order valence-corrected chi connectivity index (χ1v) is 8.60. The van der Waals surface area contributed by atoms with Crippen molar-refractivity contribution in [3.63, 3.8) is 0 Å². The van der Waals surface area contributed by atoms with Crippen LogP contribution >= 0.6 is 11.6 Å². The molecule has 1 aliphatic carbocycles. The molecule has 3 unspecified atom stereocenters. The molecule has 1 aromatic rings. The van der Waals surface area contributed by atoms with Crippen molar-refractivity contribution in [2.45, 2.75) is 70.9 Å². The predicted octanol–water partition coefficient (Wildman–Crippen LogP) is 5.74. The molecule has 0 aromatic heterocycles. The molecule has 0 bridgehead atoms. The molecule has 0 spiro atoms. The van der Waals surface area contributed by atoms with E-state index in [1.165, 1.54) is 50.5 Å². The summed E-state index contributed by atoms with van der Waals surface area (Å²) in [6.45, 7) is 4.68.